The summed E-state index contributed by atoms with van der Waals surface area (Å²) in [5, 5.41) is 41.5. The summed E-state index contributed by atoms with van der Waals surface area (Å²) in [4.78, 5) is 0. The number of aromatic hydroxyl groups is 2. The maximum atomic E-state index is 11.2. The molecule has 0 fully saturated rings. The summed E-state index contributed by atoms with van der Waals surface area (Å²) < 4.78 is 0. The van der Waals surface area contributed by atoms with Gasteiger partial charge in [-0.2, -0.15) is 0 Å². The van der Waals surface area contributed by atoms with E-state index in [2.05, 4.69) is 26.8 Å². The van der Waals surface area contributed by atoms with Crippen molar-refractivity contribution in [3.8, 4) is 11.5 Å². The molecule has 0 spiro atoms. The molecule has 0 bridgehead atoms. The highest BCUT2D eigenvalue weighted by Crippen LogP contribution is 2.50. The van der Waals surface area contributed by atoms with E-state index in [1.54, 1.807) is 0 Å². The van der Waals surface area contributed by atoms with Gasteiger partial charge in [0.2, 0.25) is 0 Å². The topological polar surface area (TPSA) is 80.9 Å². The van der Waals surface area contributed by atoms with Crippen molar-refractivity contribution >= 4 is 0 Å². The molecule has 0 aromatic heterocycles. The molecule has 0 aliphatic heterocycles. The van der Waals surface area contributed by atoms with Gasteiger partial charge in [0.05, 0.1) is 0 Å². The predicted octanol–water partition coefficient (Wildman–Crippen LogP) is 5.15. The number of hydrogen-bond acceptors (Lipinski definition) is 4. The number of allylic oxidation sites excluding steroid dienone is 2. The molecule has 0 saturated carbocycles. The Morgan fingerprint density at radius 2 is 1.28 bits per heavy atom. The van der Waals surface area contributed by atoms with E-state index in [1.165, 1.54) is 5.57 Å². The highest BCUT2D eigenvalue weighted by atomic mass is 16.3. The molecule has 0 saturated heterocycles. The van der Waals surface area contributed by atoms with Crippen LogP contribution in [0.4, 0.5) is 0 Å². The first kappa shape index (κ1) is 24.3. The van der Waals surface area contributed by atoms with E-state index in [4.69, 9.17) is 0 Å². The summed E-state index contributed by atoms with van der Waals surface area (Å²) in [5.74, 6) is 1.25. The van der Waals surface area contributed by atoms with Gasteiger partial charge >= 0.3 is 0 Å². The van der Waals surface area contributed by atoms with E-state index >= 15 is 0 Å². The van der Waals surface area contributed by atoms with Crippen molar-refractivity contribution in [1.29, 1.82) is 0 Å². The van der Waals surface area contributed by atoms with Gasteiger partial charge in [-0.15, -0.1) is 0 Å². The van der Waals surface area contributed by atoms with Crippen molar-refractivity contribution in [2.75, 3.05) is 13.2 Å². The third kappa shape index (κ3) is 4.87. The summed E-state index contributed by atoms with van der Waals surface area (Å²) in [6, 6.07) is 7.86. The zero-order valence-electron chi connectivity index (χ0n) is 20.0. The average Bonchev–Trinajstić information content (AvgIpc) is 2.73. The van der Waals surface area contributed by atoms with Crippen molar-refractivity contribution in [3.05, 3.63) is 69.3 Å². The molecule has 3 atom stereocenters. The van der Waals surface area contributed by atoms with Crippen LogP contribution in [0.15, 0.2) is 35.9 Å². The lowest BCUT2D eigenvalue weighted by molar-refractivity contribution is 0.246. The molecule has 1 aliphatic rings. The minimum Gasteiger partial charge on any atom is -0.507 e. The first-order valence-corrected chi connectivity index (χ1v) is 11.7. The first-order chi connectivity index (χ1) is 15.2. The van der Waals surface area contributed by atoms with Crippen LogP contribution in [0.25, 0.3) is 0 Å². The zero-order chi connectivity index (χ0) is 23.6. The number of aryl methyl sites for hydroxylation is 2. The smallest absolute Gasteiger partial charge is 0.122 e. The number of phenols is 2. The lowest BCUT2D eigenvalue weighted by Crippen LogP contribution is -2.29. The summed E-state index contributed by atoms with van der Waals surface area (Å²) in [7, 11) is 0. The van der Waals surface area contributed by atoms with Crippen molar-refractivity contribution in [3.63, 3.8) is 0 Å². The molecule has 32 heavy (non-hydrogen) atoms. The molecule has 4 heteroatoms. The van der Waals surface area contributed by atoms with Gasteiger partial charge in [-0.05, 0) is 80.0 Å². The molecule has 3 rings (SSSR count). The number of rotatable bonds is 7. The third-order valence-corrected chi connectivity index (χ3v) is 7.29. The summed E-state index contributed by atoms with van der Waals surface area (Å²) in [5.41, 5.74) is 6.47. The van der Waals surface area contributed by atoms with E-state index in [-0.39, 0.29) is 36.5 Å². The molecule has 0 radical (unpaired) electrons. The molecule has 2 aromatic carbocycles. The minimum absolute atomic E-state index is 0.0450. The summed E-state index contributed by atoms with van der Waals surface area (Å²) >= 11 is 0. The third-order valence-electron chi connectivity index (χ3n) is 7.29. The lowest BCUT2D eigenvalue weighted by atomic mass is 9.65. The Morgan fingerprint density at radius 1 is 0.812 bits per heavy atom. The number of aliphatic hydroxyl groups is 2. The molecule has 2 aromatic rings. The van der Waals surface area contributed by atoms with Gasteiger partial charge in [0, 0.05) is 30.3 Å². The van der Waals surface area contributed by atoms with Gasteiger partial charge in [0.25, 0.3) is 0 Å². The van der Waals surface area contributed by atoms with Crippen LogP contribution < -0.4 is 0 Å². The molecule has 1 aliphatic carbocycles. The fraction of sp³-hybridized carbons (Fsp3) is 0.500. The molecular formula is C28H38O4. The van der Waals surface area contributed by atoms with Gasteiger partial charge in [-0.3, -0.25) is 0 Å². The zero-order valence-corrected chi connectivity index (χ0v) is 20.0. The van der Waals surface area contributed by atoms with Gasteiger partial charge in [-0.25, -0.2) is 0 Å². The van der Waals surface area contributed by atoms with Crippen LogP contribution in [-0.2, 0) is 12.8 Å². The number of hydrogen-bond donors (Lipinski definition) is 4. The predicted molar refractivity (Wildman–Crippen MR) is 129 cm³/mol. The van der Waals surface area contributed by atoms with Crippen molar-refractivity contribution in [1.82, 2.24) is 0 Å². The van der Waals surface area contributed by atoms with Crippen LogP contribution >= 0.6 is 0 Å². The Balaban J connectivity index is 2.29. The van der Waals surface area contributed by atoms with Gasteiger partial charge in [0.1, 0.15) is 11.5 Å². The number of phenolic OH excluding ortho intramolecular Hbond substituents is 2. The van der Waals surface area contributed by atoms with Crippen LogP contribution in [0.3, 0.4) is 0 Å². The second kappa shape index (κ2) is 10.1. The Labute approximate surface area is 192 Å². The van der Waals surface area contributed by atoms with Crippen LogP contribution in [0.5, 0.6) is 11.5 Å². The van der Waals surface area contributed by atoms with Crippen LogP contribution in [0.2, 0.25) is 0 Å². The van der Waals surface area contributed by atoms with E-state index in [9.17, 15) is 20.4 Å². The molecule has 174 valence electrons. The number of aliphatic hydroxyl groups excluding tert-OH is 2. The van der Waals surface area contributed by atoms with Gasteiger partial charge in [-0.1, -0.05) is 49.8 Å². The molecule has 3 unspecified atom stereocenters. The second-order valence-corrected chi connectivity index (χ2v) is 9.73. The molecule has 0 amide bonds. The lowest BCUT2D eigenvalue weighted by Gasteiger charge is -2.39. The molecule has 4 N–H and O–H groups in total. The standard InChI is InChI=1S/C28H38O4/c1-16-10-17(2)20(5)23(11-16)26(24-14-21(6-8-29)12-18(3)27(24)31)25-15-22(7-9-30)13-19(4)28(25)32/h10,12-15,17,20,23,26,29-32H,6-9,11H2,1-5H3. The SMILES string of the molecule is CC1=CC(C)C(C)C(C(c2cc(CCO)cc(C)c2O)c2cc(CCO)cc(C)c2O)C1. The second-order valence-electron chi connectivity index (χ2n) is 9.73. The number of benzene rings is 2. The van der Waals surface area contributed by atoms with E-state index < -0.39 is 0 Å². The van der Waals surface area contributed by atoms with Gasteiger partial charge in [0.15, 0.2) is 0 Å². The Morgan fingerprint density at radius 3 is 1.72 bits per heavy atom. The largest absolute Gasteiger partial charge is 0.507 e. The van der Waals surface area contributed by atoms with E-state index in [0.29, 0.717) is 24.7 Å². The first-order valence-electron chi connectivity index (χ1n) is 11.7. The summed E-state index contributed by atoms with van der Waals surface area (Å²) in [6.45, 7) is 10.5. The van der Waals surface area contributed by atoms with E-state index in [1.807, 2.05) is 38.1 Å². The highest BCUT2D eigenvalue weighted by Gasteiger charge is 2.37. The monoisotopic (exact) mass is 438 g/mol. The molecule has 0 heterocycles. The Kier molecular flexibility index (Phi) is 7.68. The normalized spacial score (nSPS) is 21.1. The van der Waals surface area contributed by atoms with E-state index in [0.717, 1.165) is 39.8 Å². The average molecular weight is 439 g/mol. The minimum atomic E-state index is -0.203. The van der Waals surface area contributed by atoms with Crippen LogP contribution in [0, 0.1) is 31.6 Å². The van der Waals surface area contributed by atoms with Crippen molar-refractivity contribution in [2.24, 2.45) is 17.8 Å². The summed E-state index contributed by atoms with van der Waals surface area (Å²) in [6.07, 6.45) is 4.26. The van der Waals surface area contributed by atoms with Crippen LogP contribution in [0.1, 0.15) is 66.5 Å². The van der Waals surface area contributed by atoms with Crippen molar-refractivity contribution in [2.45, 2.75) is 59.8 Å². The highest BCUT2D eigenvalue weighted by molar-refractivity contribution is 5.54. The maximum absolute atomic E-state index is 11.2. The quantitative estimate of drug-likeness (QED) is 0.451. The fourth-order valence-corrected chi connectivity index (χ4v) is 5.46. The van der Waals surface area contributed by atoms with Crippen LogP contribution in [-0.4, -0.2) is 33.6 Å². The Hall–Kier alpha value is -2.30. The molecular weight excluding hydrogens is 400 g/mol. The maximum Gasteiger partial charge on any atom is 0.122 e. The van der Waals surface area contributed by atoms with Gasteiger partial charge < -0.3 is 20.4 Å². The Bertz CT molecular complexity index is 930. The van der Waals surface area contributed by atoms with Crippen molar-refractivity contribution < 1.29 is 20.4 Å². The fourth-order valence-electron chi connectivity index (χ4n) is 5.46. The molecule has 4 nitrogen and oxygen atoms in total.